The van der Waals surface area contributed by atoms with Crippen LogP contribution < -0.4 is 15.4 Å². The first kappa shape index (κ1) is 22.6. The molecule has 0 aliphatic carbocycles. The lowest BCUT2D eigenvalue weighted by Gasteiger charge is -2.23. The fourth-order valence-corrected chi connectivity index (χ4v) is 3.38. The van der Waals surface area contributed by atoms with Gasteiger partial charge < -0.3 is 24.8 Å². The predicted molar refractivity (Wildman–Crippen MR) is 115 cm³/mol. The van der Waals surface area contributed by atoms with E-state index in [9.17, 15) is 14.4 Å². The third-order valence-corrected chi connectivity index (χ3v) is 5.02. The molecule has 10 heteroatoms. The Bertz CT molecular complexity index is 918. The summed E-state index contributed by atoms with van der Waals surface area (Å²) in [5.41, 5.74) is 0.345. The van der Waals surface area contributed by atoms with Crippen LogP contribution in [0.1, 0.15) is 30.1 Å². The summed E-state index contributed by atoms with van der Waals surface area (Å²) in [6, 6.07) is 4.52. The summed E-state index contributed by atoms with van der Waals surface area (Å²) in [5.74, 6) is -0.324. The smallest absolute Gasteiger partial charge is 0.255 e. The second kappa shape index (κ2) is 10.8. The van der Waals surface area contributed by atoms with Crippen LogP contribution in [0.25, 0.3) is 0 Å². The number of hydrogen-bond acceptors (Lipinski definition) is 5. The molecule has 3 amide bonds. The Hall–Kier alpha value is -3.07. The number of aromatic nitrogens is 2. The van der Waals surface area contributed by atoms with Crippen LogP contribution in [0.4, 0.5) is 0 Å². The molecule has 0 saturated heterocycles. The molecular weight excluding hydrogens is 422 g/mol. The van der Waals surface area contributed by atoms with Gasteiger partial charge in [0, 0.05) is 30.5 Å². The van der Waals surface area contributed by atoms with Crippen molar-refractivity contribution in [1.29, 1.82) is 0 Å². The van der Waals surface area contributed by atoms with Crippen molar-refractivity contribution in [2.75, 3.05) is 26.2 Å². The normalized spacial score (nSPS) is 18.6. The minimum absolute atomic E-state index is 0.0452. The van der Waals surface area contributed by atoms with Gasteiger partial charge in [-0.05, 0) is 38.0 Å². The first-order chi connectivity index (χ1) is 14.9. The van der Waals surface area contributed by atoms with Crippen LogP contribution >= 0.6 is 11.6 Å². The average Bonchev–Trinajstić information content (AvgIpc) is 3.23. The zero-order valence-corrected chi connectivity index (χ0v) is 18.1. The highest BCUT2D eigenvalue weighted by Crippen LogP contribution is 2.23. The topological polar surface area (TPSA) is 106 Å². The number of nitrogens with zero attached hydrogens (tertiary/aromatic N) is 3. The van der Waals surface area contributed by atoms with Crippen LogP contribution in [-0.4, -0.2) is 64.5 Å². The van der Waals surface area contributed by atoms with Crippen LogP contribution in [0.5, 0.6) is 5.75 Å². The van der Waals surface area contributed by atoms with Crippen LogP contribution in [0.3, 0.4) is 0 Å². The number of hydrogen-bond donors (Lipinski definition) is 2. The van der Waals surface area contributed by atoms with Gasteiger partial charge in [0.15, 0.2) is 0 Å². The van der Waals surface area contributed by atoms with E-state index >= 15 is 0 Å². The molecule has 2 aromatic rings. The van der Waals surface area contributed by atoms with Crippen LogP contribution in [0.15, 0.2) is 36.9 Å². The molecule has 1 aliphatic heterocycles. The van der Waals surface area contributed by atoms with E-state index in [1.54, 1.807) is 48.4 Å². The predicted octanol–water partition coefficient (Wildman–Crippen LogP) is 1.47. The van der Waals surface area contributed by atoms with Gasteiger partial charge in [-0.3, -0.25) is 14.4 Å². The van der Waals surface area contributed by atoms with Crippen LogP contribution in [-0.2, 0) is 16.1 Å². The summed E-state index contributed by atoms with van der Waals surface area (Å²) in [4.78, 5) is 43.3. The number of halogens is 1. The average molecular weight is 448 g/mol. The molecule has 1 aromatic carbocycles. The molecule has 2 heterocycles. The Balaban J connectivity index is 1.70. The summed E-state index contributed by atoms with van der Waals surface area (Å²) in [7, 11) is 0. The van der Waals surface area contributed by atoms with Crippen molar-refractivity contribution in [2.24, 2.45) is 0 Å². The van der Waals surface area contributed by atoms with Crippen molar-refractivity contribution < 1.29 is 19.1 Å². The van der Waals surface area contributed by atoms with Crippen molar-refractivity contribution in [3.8, 4) is 5.75 Å². The molecule has 1 atom stereocenters. The molecular formula is C21H26ClN5O4. The van der Waals surface area contributed by atoms with E-state index in [1.807, 2.05) is 0 Å². The first-order valence-electron chi connectivity index (χ1n) is 10.2. The third-order valence-electron chi connectivity index (χ3n) is 4.79. The van der Waals surface area contributed by atoms with E-state index < -0.39 is 0 Å². The zero-order chi connectivity index (χ0) is 22.2. The summed E-state index contributed by atoms with van der Waals surface area (Å²) < 4.78 is 7.43. The molecule has 0 spiro atoms. The molecule has 31 heavy (non-hydrogen) atoms. The Morgan fingerprint density at radius 1 is 1.32 bits per heavy atom. The van der Waals surface area contributed by atoms with Gasteiger partial charge in [-0.2, -0.15) is 0 Å². The van der Waals surface area contributed by atoms with Gasteiger partial charge >= 0.3 is 0 Å². The lowest BCUT2D eigenvalue weighted by molar-refractivity contribution is -0.136. The lowest BCUT2D eigenvalue weighted by Crippen LogP contribution is -2.46. The maximum absolute atomic E-state index is 12.7. The van der Waals surface area contributed by atoms with Crippen molar-refractivity contribution in [3.63, 3.8) is 0 Å². The molecule has 0 radical (unpaired) electrons. The molecule has 0 unspecified atom stereocenters. The van der Waals surface area contributed by atoms with E-state index in [0.717, 1.165) is 0 Å². The summed E-state index contributed by atoms with van der Waals surface area (Å²) >= 11 is 6.05. The highest BCUT2D eigenvalue weighted by Gasteiger charge is 2.20. The zero-order valence-electron chi connectivity index (χ0n) is 17.3. The SMILES string of the molecule is C[C@@H]1COc2ccc(Cl)cc2C(=O)NCCCCN(C(=O)Cn2ccnc2)CC(=O)N1. The van der Waals surface area contributed by atoms with Gasteiger partial charge in [0.25, 0.3) is 5.91 Å². The molecule has 0 saturated carbocycles. The standard InChI is InChI=1S/C21H26ClN5O4/c1-15-13-31-18-5-4-16(22)10-17(18)21(30)24-6-2-3-8-27(11-19(28)25-15)20(29)12-26-9-7-23-14-26/h4-5,7,9-10,14-15H,2-3,6,8,11-13H2,1H3,(H,24,30)(H,25,28)/t15-/m1/s1. The number of nitrogens with one attached hydrogen (secondary N) is 2. The number of amides is 3. The van der Waals surface area contributed by atoms with Gasteiger partial charge in [-0.25, -0.2) is 4.98 Å². The quantitative estimate of drug-likeness (QED) is 0.725. The maximum Gasteiger partial charge on any atom is 0.255 e. The van der Waals surface area contributed by atoms with E-state index in [-0.39, 0.29) is 43.5 Å². The van der Waals surface area contributed by atoms with Crippen molar-refractivity contribution >= 4 is 29.3 Å². The number of imidazole rings is 1. The second-order valence-electron chi connectivity index (χ2n) is 7.43. The Morgan fingerprint density at radius 2 is 2.16 bits per heavy atom. The lowest BCUT2D eigenvalue weighted by atomic mass is 10.2. The number of benzene rings is 1. The van der Waals surface area contributed by atoms with E-state index in [0.29, 0.717) is 42.3 Å². The van der Waals surface area contributed by atoms with Gasteiger partial charge in [-0.1, -0.05) is 11.6 Å². The number of carbonyl (C=O) groups excluding carboxylic acids is 3. The summed E-state index contributed by atoms with van der Waals surface area (Å²) in [6.07, 6.45) is 6.14. The third kappa shape index (κ3) is 6.71. The Kier molecular flexibility index (Phi) is 7.88. The van der Waals surface area contributed by atoms with Gasteiger partial charge in [0.2, 0.25) is 11.8 Å². The Labute approximate surface area is 185 Å². The second-order valence-corrected chi connectivity index (χ2v) is 7.87. The highest BCUT2D eigenvalue weighted by molar-refractivity contribution is 6.31. The summed E-state index contributed by atoms with van der Waals surface area (Å²) in [6.45, 7) is 2.86. The molecule has 0 bridgehead atoms. The number of rotatable bonds is 2. The van der Waals surface area contributed by atoms with Gasteiger partial charge in [0.05, 0.1) is 24.5 Å². The molecule has 3 rings (SSSR count). The van der Waals surface area contributed by atoms with Crippen LogP contribution in [0, 0.1) is 0 Å². The molecule has 1 aliphatic rings. The fraction of sp³-hybridized carbons (Fsp3) is 0.429. The van der Waals surface area contributed by atoms with Gasteiger partial charge in [0.1, 0.15) is 18.9 Å². The fourth-order valence-electron chi connectivity index (χ4n) is 3.21. The molecule has 166 valence electrons. The first-order valence-corrected chi connectivity index (χ1v) is 10.5. The van der Waals surface area contributed by atoms with E-state index in [1.165, 1.54) is 4.90 Å². The number of carbonyl (C=O) groups is 3. The highest BCUT2D eigenvalue weighted by atomic mass is 35.5. The van der Waals surface area contributed by atoms with Gasteiger partial charge in [-0.15, -0.1) is 0 Å². The van der Waals surface area contributed by atoms with Crippen LogP contribution in [0.2, 0.25) is 5.02 Å². The largest absolute Gasteiger partial charge is 0.491 e. The molecule has 1 aromatic heterocycles. The number of ether oxygens (including phenoxy) is 1. The molecule has 9 nitrogen and oxygen atoms in total. The van der Waals surface area contributed by atoms with Crippen molar-refractivity contribution in [3.05, 3.63) is 47.5 Å². The molecule has 2 N–H and O–H groups in total. The maximum atomic E-state index is 12.7. The van der Waals surface area contributed by atoms with E-state index in [4.69, 9.17) is 16.3 Å². The van der Waals surface area contributed by atoms with Crippen molar-refractivity contribution in [1.82, 2.24) is 25.1 Å². The molecule has 0 fully saturated rings. The minimum Gasteiger partial charge on any atom is -0.491 e. The minimum atomic E-state index is -0.324. The summed E-state index contributed by atoms with van der Waals surface area (Å²) in [5, 5.41) is 6.14. The monoisotopic (exact) mass is 447 g/mol. The van der Waals surface area contributed by atoms with E-state index in [2.05, 4.69) is 15.6 Å². The Morgan fingerprint density at radius 3 is 2.94 bits per heavy atom. The number of fused-ring (bicyclic) bond motifs is 1. The van der Waals surface area contributed by atoms with Crippen molar-refractivity contribution in [2.45, 2.75) is 32.4 Å².